The van der Waals surface area contributed by atoms with Gasteiger partial charge in [0.2, 0.25) is 5.95 Å². The van der Waals surface area contributed by atoms with Gasteiger partial charge in [-0.2, -0.15) is 9.97 Å². The molecule has 2 aromatic heterocycles. The van der Waals surface area contributed by atoms with Crippen LogP contribution in [0, 0.1) is 5.92 Å². The number of hydrogen-bond acceptors (Lipinski definition) is 9. The third-order valence-electron chi connectivity index (χ3n) is 8.65. The molecule has 0 aromatic carbocycles. The Bertz CT molecular complexity index is 974. The Labute approximate surface area is 234 Å². The lowest BCUT2D eigenvalue weighted by atomic mass is 9.86. The fraction of sp³-hybridized carbons (Fsp3) is 0.793. The quantitative estimate of drug-likeness (QED) is 0.370. The van der Waals surface area contributed by atoms with Crippen LogP contribution in [0.3, 0.4) is 0 Å². The number of aromatic nitrogens is 5. The maximum Gasteiger partial charge on any atom is 0.226 e. The van der Waals surface area contributed by atoms with Crippen LogP contribution in [0.1, 0.15) is 76.3 Å². The van der Waals surface area contributed by atoms with E-state index in [2.05, 4.69) is 48.8 Å². The number of rotatable bonds is 13. The SMILES string of the molecule is CN1CCN(c2cc(N3CCCCC3)nc(NCc3cn(CCCNCCCC4CCCCC4)nn3)n2)CC1. The molecule has 2 saturated heterocycles. The maximum absolute atomic E-state index is 4.91. The minimum absolute atomic E-state index is 0.574. The first-order valence-corrected chi connectivity index (χ1v) is 15.6. The Morgan fingerprint density at radius 1 is 0.821 bits per heavy atom. The second-order valence-corrected chi connectivity index (χ2v) is 11.8. The second-order valence-electron chi connectivity index (χ2n) is 11.8. The highest BCUT2D eigenvalue weighted by Gasteiger charge is 2.20. The van der Waals surface area contributed by atoms with Crippen LogP contribution < -0.4 is 20.4 Å². The third-order valence-corrected chi connectivity index (χ3v) is 8.65. The monoisotopic (exact) mass is 538 g/mol. The van der Waals surface area contributed by atoms with Crippen molar-refractivity contribution < 1.29 is 0 Å². The molecule has 5 rings (SSSR count). The molecule has 3 fully saturated rings. The third kappa shape index (κ3) is 8.76. The number of anilines is 3. The van der Waals surface area contributed by atoms with E-state index in [4.69, 9.17) is 9.97 Å². The number of hydrogen-bond donors (Lipinski definition) is 2. The molecule has 0 unspecified atom stereocenters. The Morgan fingerprint density at radius 3 is 2.28 bits per heavy atom. The molecule has 2 aliphatic heterocycles. The average Bonchev–Trinajstić information content (AvgIpc) is 3.44. The Balaban J connectivity index is 1.07. The van der Waals surface area contributed by atoms with E-state index >= 15 is 0 Å². The summed E-state index contributed by atoms with van der Waals surface area (Å²) in [6.45, 7) is 9.88. The summed E-state index contributed by atoms with van der Waals surface area (Å²) in [6, 6.07) is 2.18. The summed E-state index contributed by atoms with van der Waals surface area (Å²) in [4.78, 5) is 17.0. The molecule has 1 aliphatic carbocycles. The van der Waals surface area contributed by atoms with Crippen molar-refractivity contribution in [2.45, 2.75) is 83.7 Å². The van der Waals surface area contributed by atoms with Gasteiger partial charge in [0, 0.05) is 51.9 Å². The largest absolute Gasteiger partial charge is 0.356 e. The topological polar surface area (TPSA) is 90.3 Å². The highest BCUT2D eigenvalue weighted by Crippen LogP contribution is 2.27. The molecule has 4 heterocycles. The lowest BCUT2D eigenvalue weighted by Gasteiger charge is -2.34. The molecule has 0 spiro atoms. The molecule has 10 nitrogen and oxygen atoms in total. The highest BCUT2D eigenvalue weighted by atomic mass is 15.4. The molecular weight excluding hydrogens is 488 g/mol. The van der Waals surface area contributed by atoms with Gasteiger partial charge in [-0.25, -0.2) is 0 Å². The van der Waals surface area contributed by atoms with Crippen molar-refractivity contribution in [1.29, 1.82) is 0 Å². The van der Waals surface area contributed by atoms with Crippen LogP contribution in [0.5, 0.6) is 0 Å². The minimum Gasteiger partial charge on any atom is -0.356 e. The van der Waals surface area contributed by atoms with Gasteiger partial charge < -0.3 is 25.3 Å². The van der Waals surface area contributed by atoms with Crippen molar-refractivity contribution in [1.82, 2.24) is 35.2 Å². The van der Waals surface area contributed by atoms with Gasteiger partial charge in [0.15, 0.2) is 0 Å². The molecule has 1 saturated carbocycles. The van der Waals surface area contributed by atoms with E-state index in [1.165, 1.54) is 64.2 Å². The molecule has 3 aliphatic rings. The van der Waals surface area contributed by atoms with E-state index in [1.54, 1.807) is 0 Å². The van der Waals surface area contributed by atoms with Crippen LogP contribution in [0.25, 0.3) is 0 Å². The van der Waals surface area contributed by atoms with Gasteiger partial charge in [-0.15, -0.1) is 5.10 Å². The number of aryl methyl sites for hydroxylation is 1. The molecular formula is C29H50N10. The van der Waals surface area contributed by atoms with E-state index in [1.807, 2.05) is 10.9 Å². The number of nitrogens with zero attached hydrogens (tertiary/aromatic N) is 8. The molecule has 216 valence electrons. The molecule has 0 bridgehead atoms. The van der Waals surface area contributed by atoms with E-state index in [0.29, 0.717) is 12.5 Å². The minimum atomic E-state index is 0.574. The zero-order chi connectivity index (χ0) is 26.7. The van der Waals surface area contributed by atoms with Crippen LogP contribution >= 0.6 is 0 Å². The second kappa shape index (κ2) is 14.8. The standard InChI is InChI=1S/C29H50N10/c1-36-18-20-38(21-19-36)28-22-27(37-15-6-3-7-16-37)32-29(33-28)31-23-26-24-39(35-34-26)17-9-14-30-13-8-12-25-10-4-2-5-11-25/h22,24-25,30H,2-21,23H2,1H3,(H,31,32,33). The number of piperazine rings is 1. The highest BCUT2D eigenvalue weighted by molar-refractivity contribution is 5.55. The zero-order valence-corrected chi connectivity index (χ0v) is 24.2. The van der Waals surface area contributed by atoms with Crippen molar-refractivity contribution >= 4 is 17.6 Å². The van der Waals surface area contributed by atoms with Crippen LogP contribution in [-0.2, 0) is 13.1 Å². The molecule has 0 radical (unpaired) electrons. The van der Waals surface area contributed by atoms with Crippen LogP contribution in [0.4, 0.5) is 17.6 Å². The first-order valence-electron chi connectivity index (χ1n) is 15.6. The van der Waals surface area contributed by atoms with Gasteiger partial charge in [-0.3, -0.25) is 4.68 Å². The van der Waals surface area contributed by atoms with E-state index in [0.717, 1.165) is 88.6 Å². The number of likely N-dealkylation sites (N-methyl/N-ethyl adjacent to an activating group) is 1. The molecule has 39 heavy (non-hydrogen) atoms. The van der Waals surface area contributed by atoms with Gasteiger partial charge in [-0.1, -0.05) is 37.3 Å². The summed E-state index contributed by atoms with van der Waals surface area (Å²) in [5.74, 6) is 3.73. The molecule has 0 atom stereocenters. The lowest BCUT2D eigenvalue weighted by Crippen LogP contribution is -2.45. The van der Waals surface area contributed by atoms with Crippen LogP contribution in [-0.4, -0.2) is 89.3 Å². The normalized spacial score (nSPS) is 19.5. The van der Waals surface area contributed by atoms with Gasteiger partial charge >= 0.3 is 0 Å². The Hall–Kier alpha value is -2.46. The van der Waals surface area contributed by atoms with E-state index in [9.17, 15) is 0 Å². The molecule has 2 N–H and O–H groups in total. The van der Waals surface area contributed by atoms with Crippen LogP contribution in [0.2, 0.25) is 0 Å². The van der Waals surface area contributed by atoms with Crippen molar-refractivity contribution in [3.8, 4) is 0 Å². The van der Waals surface area contributed by atoms with Gasteiger partial charge in [0.25, 0.3) is 0 Å². The summed E-state index contributed by atoms with van der Waals surface area (Å²) in [5, 5.41) is 15.8. The number of nitrogens with one attached hydrogen (secondary N) is 2. The van der Waals surface area contributed by atoms with Crippen molar-refractivity contribution in [3.05, 3.63) is 18.0 Å². The zero-order valence-electron chi connectivity index (χ0n) is 24.2. The predicted octanol–water partition coefficient (Wildman–Crippen LogP) is 3.76. The van der Waals surface area contributed by atoms with Gasteiger partial charge in [-0.05, 0) is 64.6 Å². The Morgan fingerprint density at radius 2 is 1.51 bits per heavy atom. The maximum atomic E-state index is 4.91. The summed E-state index contributed by atoms with van der Waals surface area (Å²) < 4.78 is 1.96. The predicted molar refractivity (Wildman–Crippen MR) is 158 cm³/mol. The first-order chi connectivity index (χ1) is 19.2. The molecule has 10 heteroatoms. The first kappa shape index (κ1) is 28.1. The fourth-order valence-electron chi connectivity index (χ4n) is 6.16. The van der Waals surface area contributed by atoms with Crippen molar-refractivity contribution in [2.75, 3.05) is 74.5 Å². The van der Waals surface area contributed by atoms with E-state index < -0.39 is 0 Å². The lowest BCUT2D eigenvalue weighted by molar-refractivity contribution is 0.312. The van der Waals surface area contributed by atoms with Gasteiger partial charge in [0.05, 0.1) is 12.7 Å². The van der Waals surface area contributed by atoms with Gasteiger partial charge in [0.1, 0.15) is 17.3 Å². The van der Waals surface area contributed by atoms with Crippen molar-refractivity contribution in [3.63, 3.8) is 0 Å². The van der Waals surface area contributed by atoms with E-state index in [-0.39, 0.29) is 0 Å². The summed E-state index contributed by atoms with van der Waals surface area (Å²) >= 11 is 0. The average molecular weight is 539 g/mol. The molecule has 2 aromatic rings. The van der Waals surface area contributed by atoms with Crippen LogP contribution in [0.15, 0.2) is 12.3 Å². The summed E-state index contributed by atoms with van der Waals surface area (Å²) in [7, 11) is 2.19. The summed E-state index contributed by atoms with van der Waals surface area (Å²) in [5.41, 5.74) is 0.920. The Kier molecular flexibility index (Phi) is 10.7. The fourth-order valence-corrected chi connectivity index (χ4v) is 6.16. The number of piperidine rings is 1. The summed E-state index contributed by atoms with van der Waals surface area (Å²) in [6.07, 6.45) is 16.8. The smallest absolute Gasteiger partial charge is 0.226 e. The molecule has 0 amide bonds. The van der Waals surface area contributed by atoms with Crippen molar-refractivity contribution in [2.24, 2.45) is 5.92 Å².